The fourth-order valence-corrected chi connectivity index (χ4v) is 2.00. The molecule has 0 atom stereocenters. The summed E-state index contributed by atoms with van der Waals surface area (Å²) in [5.41, 5.74) is 1.43. The largest absolute Gasteiger partial charge is 0.452 e. The molecule has 0 unspecified atom stereocenters. The Hall–Kier alpha value is -3.14. The predicted molar refractivity (Wildman–Crippen MR) is 80.7 cm³/mol. The molecule has 23 heavy (non-hydrogen) atoms. The minimum absolute atomic E-state index is 0.248. The Labute approximate surface area is 132 Å². The van der Waals surface area contributed by atoms with E-state index in [0.29, 0.717) is 29.1 Å². The van der Waals surface area contributed by atoms with Crippen LogP contribution in [0.5, 0.6) is 0 Å². The number of amides is 1. The summed E-state index contributed by atoms with van der Waals surface area (Å²) >= 11 is 0. The topological polar surface area (TPSA) is 105 Å². The molecule has 0 fully saturated rings. The summed E-state index contributed by atoms with van der Waals surface area (Å²) in [5.74, 6) is -0.848. The molecule has 0 saturated heterocycles. The van der Waals surface area contributed by atoms with Crippen molar-refractivity contribution in [3.63, 3.8) is 0 Å². The summed E-state index contributed by atoms with van der Waals surface area (Å²) in [6, 6.07) is 8.52. The Kier molecular flexibility index (Phi) is 5.10. The van der Waals surface area contributed by atoms with Gasteiger partial charge in [-0.3, -0.25) is 4.79 Å². The third kappa shape index (κ3) is 3.74. The highest BCUT2D eigenvalue weighted by Crippen LogP contribution is 2.16. The number of carbonyl (C=O) groups is 2. The minimum atomic E-state index is -0.663. The van der Waals surface area contributed by atoms with E-state index in [0.717, 1.165) is 0 Å². The third-order valence-electron chi connectivity index (χ3n) is 3.13. The number of esters is 1. The fourth-order valence-electron chi connectivity index (χ4n) is 2.00. The van der Waals surface area contributed by atoms with Crippen LogP contribution in [0.15, 0.2) is 28.8 Å². The minimum Gasteiger partial charge on any atom is -0.452 e. The zero-order valence-electron chi connectivity index (χ0n) is 12.8. The summed E-state index contributed by atoms with van der Waals surface area (Å²) in [7, 11) is 0. The van der Waals surface area contributed by atoms with Crippen LogP contribution in [0.2, 0.25) is 0 Å². The maximum Gasteiger partial charge on any atom is 0.344 e. The number of benzene rings is 1. The van der Waals surface area contributed by atoms with Crippen LogP contribution in [0.4, 0.5) is 5.69 Å². The highest BCUT2D eigenvalue weighted by molar-refractivity contribution is 5.96. The van der Waals surface area contributed by atoms with Gasteiger partial charge in [-0.1, -0.05) is 24.2 Å². The van der Waals surface area contributed by atoms with Crippen molar-refractivity contribution in [1.29, 1.82) is 5.26 Å². The van der Waals surface area contributed by atoms with E-state index in [9.17, 15) is 9.59 Å². The molecule has 1 amide bonds. The van der Waals surface area contributed by atoms with Crippen molar-refractivity contribution >= 4 is 17.6 Å². The SMILES string of the molecule is CCc1noc(C)c1C(=O)OCC(=O)Nc1ccccc1C#N. The molecule has 0 bridgehead atoms. The van der Waals surface area contributed by atoms with Crippen LogP contribution >= 0.6 is 0 Å². The highest BCUT2D eigenvalue weighted by atomic mass is 16.5. The normalized spacial score (nSPS) is 9.96. The Bertz CT molecular complexity index is 774. The quantitative estimate of drug-likeness (QED) is 0.848. The maximum atomic E-state index is 12.0. The second kappa shape index (κ2) is 7.22. The standard InChI is InChI=1S/C16H15N3O4/c1-3-12-15(10(2)23-19-12)16(21)22-9-14(20)18-13-7-5-4-6-11(13)8-17/h4-7H,3,9H2,1-2H3,(H,18,20). The molecule has 0 radical (unpaired) electrons. The first-order valence-electron chi connectivity index (χ1n) is 6.98. The van der Waals surface area contributed by atoms with Crippen molar-refractivity contribution in [2.45, 2.75) is 20.3 Å². The molecule has 1 N–H and O–H groups in total. The van der Waals surface area contributed by atoms with E-state index in [2.05, 4.69) is 10.5 Å². The van der Waals surface area contributed by atoms with Gasteiger partial charge in [-0.25, -0.2) is 4.79 Å². The van der Waals surface area contributed by atoms with Gasteiger partial charge in [0.25, 0.3) is 5.91 Å². The molecule has 7 heteroatoms. The van der Waals surface area contributed by atoms with Gasteiger partial charge in [0, 0.05) is 0 Å². The van der Waals surface area contributed by atoms with E-state index in [4.69, 9.17) is 14.5 Å². The molecule has 1 heterocycles. The number of hydrogen-bond donors (Lipinski definition) is 1. The molecule has 0 aliphatic rings. The first-order valence-corrected chi connectivity index (χ1v) is 6.98. The monoisotopic (exact) mass is 313 g/mol. The Morgan fingerprint density at radius 3 is 2.83 bits per heavy atom. The van der Waals surface area contributed by atoms with Gasteiger partial charge in [0.15, 0.2) is 6.61 Å². The molecule has 1 aromatic heterocycles. The number of nitriles is 1. The summed E-state index contributed by atoms with van der Waals surface area (Å²) in [5, 5.41) is 15.2. The summed E-state index contributed by atoms with van der Waals surface area (Å²) in [6.45, 7) is 2.97. The van der Waals surface area contributed by atoms with Crippen molar-refractivity contribution in [2.75, 3.05) is 11.9 Å². The lowest BCUT2D eigenvalue weighted by Gasteiger charge is -2.07. The second-order valence-corrected chi connectivity index (χ2v) is 4.70. The van der Waals surface area contributed by atoms with Crippen LogP contribution in [-0.2, 0) is 16.0 Å². The average molecular weight is 313 g/mol. The zero-order chi connectivity index (χ0) is 16.8. The van der Waals surface area contributed by atoms with E-state index in [1.807, 2.05) is 13.0 Å². The summed E-state index contributed by atoms with van der Waals surface area (Å²) in [4.78, 5) is 23.9. The van der Waals surface area contributed by atoms with Gasteiger partial charge in [-0.15, -0.1) is 0 Å². The number of nitrogens with zero attached hydrogens (tertiary/aromatic N) is 2. The number of ether oxygens (including phenoxy) is 1. The first-order chi connectivity index (χ1) is 11.1. The number of nitrogens with one attached hydrogen (secondary N) is 1. The molecule has 2 aromatic rings. The Morgan fingerprint density at radius 1 is 1.39 bits per heavy atom. The van der Waals surface area contributed by atoms with Crippen LogP contribution in [0.1, 0.15) is 34.3 Å². The number of carbonyl (C=O) groups excluding carboxylic acids is 2. The van der Waals surface area contributed by atoms with E-state index in [1.54, 1.807) is 31.2 Å². The molecule has 0 aliphatic carbocycles. The molecule has 0 saturated carbocycles. The lowest BCUT2D eigenvalue weighted by Crippen LogP contribution is -2.22. The van der Waals surface area contributed by atoms with E-state index in [-0.39, 0.29) is 5.56 Å². The highest BCUT2D eigenvalue weighted by Gasteiger charge is 2.21. The molecule has 0 spiro atoms. The molecule has 0 aliphatic heterocycles. The number of hydrogen-bond acceptors (Lipinski definition) is 6. The number of rotatable bonds is 5. The van der Waals surface area contributed by atoms with Gasteiger partial charge in [0.2, 0.25) is 0 Å². The van der Waals surface area contributed by atoms with Crippen molar-refractivity contribution < 1.29 is 18.8 Å². The van der Waals surface area contributed by atoms with E-state index >= 15 is 0 Å². The van der Waals surface area contributed by atoms with Gasteiger partial charge in [0.1, 0.15) is 17.4 Å². The van der Waals surface area contributed by atoms with Crippen molar-refractivity contribution in [2.24, 2.45) is 0 Å². The molecule has 7 nitrogen and oxygen atoms in total. The smallest absolute Gasteiger partial charge is 0.344 e. The predicted octanol–water partition coefficient (Wildman–Crippen LogP) is 2.21. The molecule has 1 aromatic carbocycles. The lowest BCUT2D eigenvalue weighted by atomic mass is 10.1. The number of aromatic nitrogens is 1. The van der Waals surface area contributed by atoms with Crippen LogP contribution < -0.4 is 5.32 Å². The van der Waals surface area contributed by atoms with Gasteiger partial charge < -0.3 is 14.6 Å². The lowest BCUT2D eigenvalue weighted by molar-refractivity contribution is -0.119. The maximum absolute atomic E-state index is 12.0. The van der Waals surface area contributed by atoms with Gasteiger partial charge >= 0.3 is 5.97 Å². The van der Waals surface area contributed by atoms with E-state index in [1.165, 1.54) is 0 Å². The summed E-state index contributed by atoms with van der Waals surface area (Å²) < 4.78 is 9.94. The van der Waals surface area contributed by atoms with E-state index < -0.39 is 18.5 Å². The van der Waals surface area contributed by atoms with Gasteiger partial charge in [-0.05, 0) is 25.5 Å². The number of anilines is 1. The Morgan fingerprint density at radius 2 is 2.13 bits per heavy atom. The molecular formula is C16H15N3O4. The average Bonchev–Trinajstić information content (AvgIpc) is 2.94. The van der Waals surface area contributed by atoms with Crippen LogP contribution in [0, 0.1) is 18.3 Å². The van der Waals surface area contributed by atoms with Gasteiger partial charge in [-0.2, -0.15) is 5.26 Å². The second-order valence-electron chi connectivity index (χ2n) is 4.70. The van der Waals surface area contributed by atoms with Crippen LogP contribution in [0.25, 0.3) is 0 Å². The van der Waals surface area contributed by atoms with Crippen molar-refractivity contribution in [3.8, 4) is 6.07 Å². The number of para-hydroxylation sites is 1. The van der Waals surface area contributed by atoms with Crippen molar-refractivity contribution in [1.82, 2.24) is 5.16 Å². The van der Waals surface area contributed by atoms with Crippen LogP contribution in [-0.4, -0.2) is 23.6 Å². The molecule has 118 valence electrons. The first kappa shape index (κ1) is 16.2. The van der Waals surface area contributed by atoms with Gasteiger partial charge in [0.05, 0.1) is 16.9 Å². The summed E-state index contributed by atoms with van der Waals surface area (Å²) in [6.07, 6.45) is 0.517. The zero-order valence-corrected chi connectivity index (χ0v) is 12.8. The fraction of sp³-hybridized carbons (Fsp3) is 0.250. The molecule has 2 rings (SSSR count). The third-order valence-corrected chi connectivity index (χ3v) is 3.13. The van der Waals surface area contributed by atoms with Crippen LogP contribution in [0.3, 0.4) is 0 Å². The van der Waals surface area contributed by atoms with Crippen molar-refractivity contribution in [3.05, 3.63) is 46.8 Å². The molecular weight excluding hydrogens is 298 g/mol. The Balaban J connectivity index is 1.98. The number of aryl methyl sites for hydroxylation is 2.